The van der Waals surface area contributed by atoms with Crippen LogP contribution in [0.4, 0.5) is 9.59 Å². The quantitative estimate of drug-likeness (QED) is 0.182. The number of likely N-dealkylation sites (tertiary alicyclic amines) is 1. The van der Waals surface area contributed by atoms with Crippen LogP contribution in [0.3, 0.4) is 0 Å². The normalized spacial score (nSPS) is 23.6. The van der Waals surface area contributed by atoms with Gasteiger partial charge in [0.15, 0.2) is 0 Å². The fourth-order valence-corrected chi connectivity index (χ4v) is 8.93. The Hall–Kier alpha value is -5.90. The molecule has 2 aromatic heterocycles. The number of carbonyl (C=O) groups is 4. The van der Waals surface area contributed by atoms with Crippen molar-refractivity contribution in [3.05, 3.63) is 66.5 Å². The number of aromatic amines is 2. The highest BCUT2D eigenvalue weighted by Gasteiger charge is 2.41. The molecule has 4 aliphatic rings. The maximum atomic E-state index is 13.8. The van der Waals surface area contributed by atoms with Gasteiger partial charge in [-0.25, -0.2) is 19.6 Å². The molecule has 16 nitrogen and oxygen atoms in total. The molecule has 2 saturated heterocycles. The van der Waals surface area contributed by atoms with E-state index in [4.69, 9.17) is 28.9 Å². The number of ether oxygens (including phenoxy) is 4. The highest BCUT2D eigenvalue weighted by Crippen LogP contribution is 2.39. The van der Waals surface area contributed by atoms with Crippen molar-refractivity contribution in [1.82, 2.24) is 40.4 Å². The average Bonchev–Trinajstić information content (AvgIpc) is 4.12. The van der Waals surface area contributed by atoms with E-state index in [2.05, 4.69) is 57.0 Å². The van der Waals surface area contributed by atoms with Crippen molar-refractivity contribution >= 4 is 24.0 Å². The summed E-state index contributed by atoms with van der Waals surface area (Å²) in [5.41, 5.74) is 5.49. The summed E-state index contributed by atoms with van der Waals surface area (Å²) in [6.07, 6.45) is 9.49. The number of fused-ring (bicyclic) bond motifs is 6. The fraction of sp³-hybridized carbons (Fsp3) is 0.488. The van der Waals surface area contributed by atoms with Crippen LogP contribution in [0.5, 0.6) is 5.75 Å². The van der Waals surface area contributed by atoms with Crippen LogP contribution < -0.4 is 15.4 Å². The van der Waals surface area contributed by atoms with Crippen LogP contribution in [0.15, 0.2) is 54.9 Å². The lowest BCUT2D eigenvalue weighted by molar-refractivity contribution is -0.137. The lowest BCUT2D eigenvalue weighted by atomic mass is 10.00. The zero-order valence-electron chi connectivity index (χ0n) is 33.5. The predicted octanol–water partition coefficient (Wildman–Crippen LogP) is 5.90. The molecule has 4 N–H and O–H groups in total. The van der Waals surface area contributed by atoms with Crippen molar-refractivity contribution in [2.45, 2.75) is 82.0 Å². The third-order valence-electron chi connectivity index (χ3n) is 12.0. The van der Waals surface area contributed by atoms with Crippen molar-refractivity contribution in [3.63, 3.8) is 0 Å². The lowest BCUT2D eigenvalue weighted by Crippen LogP contribution is -2.50. The SMILES string of the molecule is COC(=O)N[C@H]1COCCCCOc2cc(-c3ccc(-c4cnc([C@@H]5CCCN5C(=O)[C@@H]5CCC[C@H]5NC(=O)OC)[nH]4)cc3)ccc2-c2cnc([nH]2)[C@@H]2CCCN2C1=O. The molecule has 312 valence electrons. The molecule has 0 radical (unpaired) electrons. The minimum atomic E-state index is -0.873. The van der Waals surface area contributed by atoms with Gasteiger partial charge in [0, 0.05) is 31.3 Å². The van der Waals surface area contributed by atoms with Gasteiger partial charge in [-0.2, -0.15) is 0 Å². The van der Waals surface area contributed by atoms with Gasteiger partial charge in [-0.15, -0.1) is 0 Å². The third-order valence-corrected chi connectivity index (χ3v) is 12.0. The molecule has 59 heavy (non-hydrogen) atoms. The molecule has 1 aliphatic carbocycles. The van der Waals surface area contributed by atoms with Crippen LogP contribution in [0.2, 0.25) is 0 Å². The van der Waals surface area contributed by atoms with Gasteiger partial charge in [0.2, 0.25) is 11.8 Å². The van der Waals surface area contributed by atoms with E-state index < -0.39 is 18.2 Å². The molecule has 5 heterocycles. The second-order valence-electron chi connectivity index (χ2n) is 15.6. The molecule has 4 amide bonds. The molecular formula is C43H52N8O8. The minimum Gasteiger partial charge on any atom is -0.493 e. The van der Waals surface area contributed by atoms with Crippen LogP contribution in [0, 0.1) is 5.92 Å². The second-order valence-corrected chi connectivity index (χ2v) is 15.6. The van der Waals surface area contributed by atoms with E-state index in [0.29, 0.717) is 38.5 Å². The standard InChI is InChI=1S/C43H52N8O8/c1-56-42(54)48-31-9-5-8-30(31)40(52)50-18-6-10-35(50)38-44-23-32(46-38)27-14-12-26(13-15-27)28-16-17-29-33-24-45-39(47-33)36-11-7-19-51(36)41(53)34(49-43(55)57-2)25-58-20-3-4-21-59-37(29)22-28/h12-17,22-24,30-31,34-36H,3-11,18-21,25H2,1-2H3,(H,44,46)(H,45,47)(H,48,54)(H,49,55)/t30-,31-,34+,35+,36+/m1/s1. The average molecular weight is 809 g/mol. The summed E-state index contributed by atoms with van der Waals surface area (Å²) < 4.78 is 21.9. The molecular weight excluding hydrogens is 757 g/mol. The van der Waals surface area contributed by atoms with E-state index in [9.17, 15) is 19.2 Å². The maximum Gasteiger partial charge on any atom is 0.407 e. The maximum absolute atomic E-state index is 13.8. The van der Waals surface area contributed by atoms with Crippen molar-refractivity contribution < 1.29 is 38.1 Å². The number of imidazole rings is 2. The third kappa shape index (κ3) is 8.63. The summed E-state index contributed by atoms with van der Waals surface area (Å²) in [5, 5.41) is 5.51. The molecule has 5 atom stereocenters. The number of nitrogens with one attached hydrogen (secondary N) is 4. The van der Waals surface area contributed by atoms with Crippen LogP contribution in [0.1, 0.15) is 81.5 Å². The summed E-state index contributed by atoms with van der Waals surface area (Å²) in [4.78, 5) is 71.6. The monoisotopic (exact) mass is 808 g/mol. The summed E-state index contributed by atoms with van der Waals surface area (Å²) in [7, 11) is 2.61. The Morgan fingerprint density at radius 3 is 2.24 bits per heavy atom. The van der Waals surface area contributed by atoms with Gasteiger partial charge in [0.25, 0.3) is 0 Å². The van der Waals surface area contributed by atoms with Crippen LogP contribution >= 0.6 is 0 Å². The van der Waals surface area contributed by atoms with Gasteiger partial charge in [-0.3, -0.25) is 9.59 Å². The molecule has 3 aliphatic heterocycles. The Bertz CT molecular complexity index is 2130. The molecule has 4 aromatic rings. The molecule has 3 fully saturated rings. The number of benzene rings is 2. The minimum absolute atomic E-state index is 0.0355. The number of alkyl carbamates (subject to hydrolysis) is 2. The first kappa shape index (κ1) is 39.9. The van der Waals surface area contributed by atoms with Gasteiger partial charge in [-0.1, -0.05) is 36.8 Å². The fourth-order valence-electron chi connectivity index (χ4n) is 8.93. The van der Waals surface area contributed by atoms with Crippen molar-refractivity contribution in [2.24, 2.45) is 5.92 Å². The topological polar surface area (TPSA) is 193 Å². The van der Waals surface area contributed by atoms with Gasteiger partial charge >= 0.3 is 12.2 Å². The number of hydrogen-bond donors (Lipinski definition) is 4. The molecule has 2 bridgehead atoms. The second kappa shape index (κ2) is 17.9. The van der Waals surface area contributed by atoms with E-state index in [0.717, 1.165) is 96.6 Å². The summed E-state index contributed by atoms with van der Waals surface area (Å²) >= 11 is 0. The van der Waals surface area contributed by atoms with Gasteiger partial charge in [-0.05, 0) is 80.2 Å². The zero-order chi connectivity index (χ0) is 40.9. The highest BCUT2D eigenvalue weighted by atomic mass is 16.5. The summed E-state index contributed by atoms with van der Waals surface area (Å²) in [6, 6.07) is 12.9. The first-order chi connectivity index (χ1) is 28.8. The number of nitrogens with zero attached hydrogens (tertiary/aromatic N) is 4. The van der Waals surface area contributed by atoms with E-state index in [1.54, 1.807) is 11.1 Å². The van der Waals surface area contributed by atoms with Gasteiger partial charge in [0.1, 0.15) is 23.4 Å². The molecule has 16 heteroatoms. The Balaban J connectivity index is 0.985. The van der Waals surface area contributed by atoms with Crippen molar-refractivity contribution in [2.75, 3.05) is 47.1 Å². The Morgan fingerprint density at radius 1 is 0.746 bits per heavy atom. The predicted molar refractivity (Wildman–Crippen MR) is 216 cm³/mol. The largest absolute Gasteiger partial charge is 0.493 e. The lowest BCUT2D eigenvalue weighted by Gasteiger charge is -2.29. The van der Waals surface area contributed by atoms with E-state index in [1.165, 1.54) is 14.2 Å². The number of rotatable bonds is 6. The Labute approximate surface area is 342 Å². The number of aromatic nitrogens is 4. The molecule has 1 saturated carbocycles. The van der Waals surface area contributed by atoms with Gasteiger partial charge in [0.05, 0.1) is 69.2 Å². The first-order valence-corrected chi connectivity index (χ1v) is 20.7. The van der Waals surface area contributed by atoms with Crippen LogP contribution in [-0.4, -0.2) is 113 Å². The number of H-pyrrole nitrogens is 2. The van der Waals surface area contributed by atoms with Crippen LogP contribution in [0.25, 0.3) is 33.6 Å². The summed E-state index contributed by atoms with van der Waals surface area (Å²) in [6.45, 7) is 2.10. The van der Waals surface area contributed by atoms with Crippen molar-refractivity contribution in [3.8, 4) is 39.4 Å². The van der Waals surface area contributed by atoms with Crippen molar-refractivity contribution in [1.29, 1.82) is 0 Å². The number of carbonyl (C=O) groups excluding carboxylic acids is 4. The highest BCUT2D eigenvalue weighted by molar-refractivity contribution is 5.86. The molecule has 2 aromatic carbocycles. The Morgan fingerprint density at radius 2 is 1.42 bits per heavy atom. The smallest absolute Gasteiger partial charge is 0.407 e. The molecule has 8 rings (SSSR count). The number of hydrogen-bond acceptors (Lipinski definition) is 10. The first-order valence-electron chi connectivity index (χ1n) is 20.7. The van der Waals surface area contributed by atoms with E-state index in [-0.39, 0.29) is 42.5 Å². The van der Waals surface area contributed by atoms with Gasteiger partial charge < -0.3 is 49.3 Å². The van der Waals surface area contributed by atoms with E-state index in [1.807, 2.05) is 17.2 Å². The summed E-state index contributed by atoms with van der Waals surface area (Å²) in [5.74, 6) is 1.72. The van der Waals surface area contributed by atoms with Crippen LogP contribution in [-0.2, 0) is 23.8 Å². The Kier molecular flexibility index (Phi) is 12.1. The number of methoxy groups -OCH3 is 2. The zero-order valence-corrected chi connectivity index (χ0v) is 33.5. The molecule has 0 spiro atoms. The van der Waals surface area contributed by atoms with E-state index >= 15 is 0 Å². The molecule has 0 unspecified atom stereocenters. The number of amides is 4.